The van der Waals surface area contributed by atoms with Gasteiger partial charge in [-0.1, -0.05) is 36.4 Å². The molecule has 2 heteroatoms. The van der Waals surface area contributed by atoms with Gasteiger partial charge in [-0.05, 0) is 76.6 Å². The van der Waals surface area contributed by atoms with Crippen molar-refractivity contribution < 1.29 is 0 Å². The summed E-state index contributed by atoms with van der Waals surface area (Å²) in [4.78, 5) is 0. The summed E-state index contributed by atoms with van der Waals surface area (Å²) in [6, 6.07) is 13.1. The number of rotatable bonds is 2. The summed E-state index contributed by atoms with van der Waals surface area (Å²) in [6.07, 6.45) is 3.72. The fourth-order valence-corrected chi connectivity index (χ4v) is 3.97. The molecule has 0 nitrogen and oxygen atoms in total. The minimum Gasteiger partial charge on any atom is -0.113 e. The standard InChI is InChI=1S/C17H16ClI/c1-11-4-2-7-15(17(11)19)16(18)14-9-8-12-5-3-6-13(12)10-14/h2,4,7-10,16H,3,5-6H2,1H3. The van der Waals surface area contributed by atoms with Crippen LogP contribution in [0, 0.1) is 10.5 Å². The van der Waals surface area contributed by atoms with Crippen molar-refractivity contribution in [3.63, 3.8) is 0 Å². The molecule has 0 radical (unpaired) electrons. The van der Waals surface area contributed by atoms with Crippen LogP contribution in [0.15, 0.2) is 36.4 Å². The highest BCUT2D eigenvalue weighted by Crippen LogP contribution is 2.35. The molecular weight excluding hydrogens is 367 g/mol. The van der Waals surface area contributed by atoms with Crippen molar-refractivity contribution in [3.8, 4) is 0 Å². The number of alkyl halides is 1. The quantitative estimate of drug-likeness (QED) is 0.481. The molecule has 0 spiro atoms. The van der Waals surface area contributed by atoms with E-state index in [1.165, 1.54) is 50.6 Å². The van der Waals surface area contributed by atoms with Gasteiger partial charge < -0.3 is 0 Å². The Bertz CT molecular complexity index is 619. The van der Waals surface area contributed by atoms with E-state index in [1.54, 1.807) is 0 Å². The van der Waals surface area contributed by atoms with E-state index in [1.807, 2.05) is 0 Å². The number of fused-ring (bicyclic) bond motifs is 1. The third-order valence-electron chi connectivity index (χ3n) is 3.91. The number of benzene rings is 2. The summed E-state index contributed by atoms with van der Waals surface area (Å²) in [7, 11) is 0. The maximum absolute atomic E-state index is 6.71. The summed E-state index contributed by atoms with van der Waals surface area (Å²) >= 11 is 9.11. The highest BCUT2D eigenvalue weighted by atomic mass is 127. The lowest BCUT2D eigenvalue weighted by atomic mass is 9.99. The molecule has 98 valence electrons. The molecule has 0 aliphatic heterocycles. The second-order valence-corrected chi connectivity index (χ2v) is 6.74. The maximum atomic E-state index is 6.71. The van der Waals surface area contributed by atoms with Gasteiger partial charge in [-0.2, -0.15) is 0 Å². The zero-order chi connectivity index (χ0) is 13.4. The van der Waals surface area contributed by atoms with E-state index in [9.17, 15) is 0 Å². The van der Waals surface area contributed by atoms with Gasteiger partial charge in [-0.15, -0.1) is 11.6 Å². The Labute approximate surface area is 133 Å². The van der Waals surface area contributed by atoms with Crippen LogP contribution in [-0.4, -0.2) is 0 Å². The molecule has 0 aromatic heterocycles. The van der Waals surface area contributed by atoms with Crippen molar-refractivity contribution in [3.05, 3.63) is 67.8 Å². The van der Waals surface area contributed by atoms with E-state index in [-0.39, 0.29) is 5.38 Å². The number of hydrogen-bond donors (Lipinski definition) is 0. The van der Waals surface area contributed by atoms with Crippen LogP contribution in [0.25, 0.3) is 0 Å². The van der Waals surface area contributed by atoms with Crippen LogP contribution >= 0.6 is 34.2 Å². The molecule has 19 heavy (non-hydrogen) atoms. The second kappa shape index (κ2) is 5.45. The monoisotopic (exact) mass is 382 g/mol. The first kappa shape index (κ1) is 13.4. The van der Waals surface area contributed by atoms with Crippen LogP contribution in [0.5, 0.6) is 0 Å². The predicted octanol–water partition coefficient (Wildman–Crippen LogP) is 5.42. The Morgan fingerprint density at radius 1 is 1.11 bits per heavy atom. The molecular formula is C17H16ClI. The van der Waals surface area contributed by atoms with Crippen molar-refractivity contribution in [1.82, 2.24) is 0 Å². The van der Waals surface area contributed by atoms with Gasteiger partial charge in [0, 0.05) is 3.57 Å². The normalized spacial score (nSPS) is 15.3. The Kier molecular flexibility index (Phi) is 3.86. The summed E-state index contributed by atoms with van der Waals surface area (Å²) < 4.78 is 1.28. The lowest BCUT2D eigenvalue weighted by Crippen LogP contribution is -1.99. The molecule has 0 bridgehead atoms. The topological polar surface area (TPSA) is 0 Å². The van der Waals surface area contributed by atoms with Crippen LogP contribution in [0.1, 0.15) is 39.6 Å². The van der Waals surface area contributed by atoms with Gasteiger partial charge in [-0.3, -0.25) is 0 Å². The first-order chi connectivity index (χ1) is 9.16. The fourth-order valence-electron chi connectivity index (χ4n) is 2.79. The number of aryl methyl sites for hydroxylation is 3. The van der Waals surface area contributed by atoms with Crippen LogP contribution in [-0.2, 0) is 12.8 Å². The molecule has 2 aromatic carbocycles. The molecule has 1 aliphatic carbocycles. The van der Waals surface area contributed by atoms with Crippen LogP contribution in [0.4, 0.5) is 0 Å². The minimum atomic E-state index is -0.0438. The zero-order valence-corrected chi connectivity index (χ0v) is 13.8. The lowest BCUT2D eigenvalue weighted by molar-refractivity contribution is 0.911. The van der Waals surface area contributed by atoms with Gasteiger partial charge in [0.15, 0.2) is 0 Å². The van der Waals surface area contributed by atoms with Gasteiger partial charge in [-0.25, -0.2) is 0 Å². The minimum absolute atomic E-state index is 0.0438. The van der Waals surface area contributed by atoms with Crippen molar-refractivity contribution in [2.24, 2.45) is 0 Å². The van der Waals surface area contributed by atoms with Gasteiger partial charge in [0.25, 0.3) is 0 Å². The summed E-state index contributed by atoms with van der Waals surface area (Å²) in [5, 5.41) is -0.0438. The average molecular weight is 383 g/mol. The molecule has 0 saturated carbocycles. The van der Waals surface area contributed by atoms with E-state index < -0.39 is 0 Å². The predicted molar refractivity (Wildman–Crippen MR) is 90.1 cm³/mol. The molecule has 0 amide bonds. The van der Waals surface area contributed by atoms with E-state index in [0.717, 1.165) is 0 Å². The third-order valence-corrected chi connectivity index (χ3v) is 5.87. The second-order valence-electron chi connectivity index (χ2n) is 5.22. The average Bonchev–Trinajstić information content (AvgIpc) is 2.88. The van der Waals surface area contributed by atoms with Gasteiger partial charge in [0.1, 0.15) is 0 Å². The highest BCUT2D eigenvalue weighted by molar-refractivity contribution is 14.1. The van der Waals surface area contributed by atoms with Crippen molar-refractivity contribution in [1.29, 1.82) is 0 Å². The first-order valence-electron chi connectivity index (χ1n) is 6.67. The van der Waals surface area contributed by atoms with E-state index in [4.69, 9.17) is 11.6 Å². The van der Waals surface area contributed by atoms with Crippen LogP contribution in [0.3, 0.4) is 0 Å². The summed E-state index contributed by atoms with van der Waals surface area (Å²) in [5.41, 5.74) is 6.74. The summed E-state index contributed by atoms with van der Waals surface area (Å²) in [5.74, 6) is 0. The molecule has 1 aliphatic rings. The van der Waals surface area contributed by atoms with Crippen molar-refractivity contribution >= 4 is 34.2 Å². The molecule has 1 unspecified atom stereocenters. The smallest absolute Gasteiger partial charge is 0.0845 e. The zero-order valence-electron chi connectivity index (χ0n) is 10.9. The van der Waals surface area contributed by atoms with Crippen molar-refractivity contribution in [2.45, 2.75) is 31.6 Å². The highest BCUT2D eigenvalue weighted by Gasteiger charge is 2.18. The molecule has 1 atom stereocenters. The molecule has 0 saturated heterocycles. The third kappa shape index (κ3) is 2.55. The SMILES string of the molecule is Cc1cccc(C(Cl)c2ccc3c(c2)CCC3)c1I. The Morgan fingerprint density at radius 2 is 1.89 bits per heavy atom. The Morgan fingerprint density at radius 3 is 2.74 bits per heavy atom. The molecule has 0 heterocycles. The number of hydrogen-bond acceptors (Lipinski definition) is 0. The van der Waals surface area contributed by atoms with Crippen molar-refractivity contribution in [2.75, 3.05) is 0 Å². The largest absolute Gasteiger partial charge is 0.113 e. The number of halogens is 2. The molecule has 0 N–H and O–H groups in total. The maximum Gasteiger partial charge on any atom is 0.0845 e. The molecule has 2 aromatic rings. The summed E-state index contributed by atoms with van der Waals surface area (Å²) in [6.45, 7) is 2.14. The van der Waals surface area contributed by atoms with E-state index >= 15 is 0 Å². The van der Waals surface area contributed by atoms with Crippen LogP contribution in [0.2, 0.25) is 0 Å². The Balaban J connectivity index is 2.00. The van der Waals surface area contributed by atoms with Gasteiger partial charge in [0.05, 0.1) is 5.38 Å². The fraction of sp³-hybridized carbons (Fsp3) is 0.294. The lowest BCUT2D eigenvalue weighted by Gasteiger charge is -2.15. The van der Waals surface area contributed by atoms with Gasteiger partial charge >= 0.3 is 0 Å². The molecule has 3 rings (SSSR count). The molecule has 0 fully saturated rings. The van der Waals surface area contributed by atoms with E-state index in [2.05, 4.69) is 65.9 Å². The van der Waals surface area contributed by atoms with Gasteiger partial charge in [0.2, 0.25) is 0 Å². The van der Waals surface area contributed by atoms with Crippen LogP contribution < -0.4 is 0 Å². The Hall–Kier alpha value is -0.540. The van der Waals surface area contributed by atoms with E-state index in [0.29, 0.717) is 0 Å². The first-order valence-corrected chi connectivity index (χ1v) is 8.19.